The van der Waals surface area contributed by atoms with E-state index in [9.17, 15) is 0 Å². The summed E-state index contributed by atoms with van der Waals surface area (Å²) in [6, 6.07) is 56.5. The monoisotopic (exact) mass is 628 g/mol. The zero-order valence-electron chi connectivity index (χ0n) is 27.3. The van der Waals surface area contributed by atoms with Crippen LogP contribution in [0.3, 0.4) is 0 Å². The third-order valence-electron chi connectivity index (χ3n) is 10.4. The standard InChI is InChI=1S/C46H32N2O/c1-46(2)41-28-33-26-36(48(34-13-5-3-6-14-34)35-15-7-4-8-16-35)20-19-31(33)27-40(41)38-21-22-39-37(43(38)46)23-24-42-44(39)49-45(47-42)32-18-17-29-11-9-10-12-30(29)25-32/h3-28H,1-2H3. The van der Waals surface area contributed by atoms with Crippen LogP contribution in [-0.4, -0.2) is 4.98 Å². The van der Waals surface area contributed by atoms with Crippen LogP contribution in [-0.2, 0) is 5.41 Å². The number of hydrogen-bond acceptors (Lipinski definition) is 3. The first-order valence-electron chi connectivity index (χ1n) is 16.9. The lowest BCUT2D eigenvalue weighted by molar-refractivity contribution is 0.623. The zero-order valence-corrected chi connectivity index (χ0v) is 27.3. The molecule has 1 aromatic heterocycles. The molecule has 0 aliphatic heterocycles. The first kappa shape index (κ1) is 27.9. The Morgan fingerprint density at radius 2 is 1.18 bits per heavy atom. The second-order valence-electron chi connectivity index (χ2n) is 13.6. The Labute approximate surface area is 284 Å². The molecule has 0 fully saturated rings. The van der Waals surface area contributed by atoms with Crippen LogP contribution in [0.25, 0.3) is 66.0 Å². The van der Waals surface area contributed by atoms with Gasteiger partial charge >= 0.3 is 0 Å². The minimum Gasteiger partial charge on any atom is -0.435 e. The van der Waals surface area contributed by atoms with Gasteiger partial charge in [-0.3, -0.25) is 0 Å². The van der Waals surface area contributed by atoms with E-state index in [1.54, 1.807) is 0 Å². The first-order valence-corrected chi connectivity index (χ1v) is 16.9. The van der Waals surface area contributed by atoms with Crippen LogP contribution in [0.5, 0.6) is 0 Å². The number of oxazole rings is 1. The summed E-state index contributed by atoms with van der Waals surface area (Å²) in [5, 5.41) is 7.17. The minimum absolute atomic E-state index is 0.207. The summed E-state index contributed by atoms with van der Waals surface area (Å²) in [4.78, 5) is 7.27. The van der Waals surface area contributed by atoms with Gasteiger partial charge in [0.25, 0.3) is 0 Å². The number of benzene rings is 8. The minimum atomic E-state index is -0.207. The molecule has 0 amide bonds. The van der Waals surface area contributed by atoms with E-state index in [-0.39, 0.29) is 5.41 Å². The lowest BCUT2D eigenvalue weighted by Crippen LogP contribution is -2.15. The number of para-hydroxylation sites is 2. The molecule has 1 aliphatic rings. The van der Waals surface area contributed by atoms with Crippen LogP contribution in [0.4, 0.5) is 17.1 Å². The average molecular weight is 629 g/mol. The quantitative estimate of drug-likeness (QED) is 0.194. The van der Waals surface area contributed by atoms with Gasteiger partial charge in [0.2, 0.25) is 5.89 Å². The topological polar surface area (TPSA) is 29.3 Å². The van der Waals surface area contributed by atoms with Crippen molar-refractivity contribution < 1.29 is 4.42 Å². The Morgan fingerprint density at radius 1 is 0.510 bits per heavy atom. The summed E-state index contributed by atoms with van der Waals surface area (Å²) < 4.78 is 6.58. The molecule has 1 heterocycles. The van der Waals surface area contributed by atoms with Gasteiger partial charge in [0.15, 0.2) is 5.58 Å². The molecule has 0 radical (unpaired) electrons. The predicted molar refractivity (Wildman–Crippen MR) is 204 cm³/mol. The summed E-state index contributed by atoms with van der Waals surface area (Å²) in [7, 11) is 0. The van der Waals surface area contributed by atoms with Gasteiger partial charge in [0.1, 0.15) is 5.52 Å². The molecule has 0 unspecified atom stereocenters. The van der Waals surface area contributed by atoms with Gasteiger partial charge < -0.3 is 9.32 Å². The molecule has 9 aromatic rings. The largest absolute Gasteiger partial charge is 0.435 e. The van der Waals surface area contributed by atoms with E-state index < -0.39 is 0 Å². The van der Waals surface area contributed by atoms with Gasteiger partial charge in [-0.1, -0.05) is 98.8 Å². The Bertz CT molecular complexity index is 2700. The summed E-state index contributed by atoms with van der Waals surface area (Å²) in [6.45, 7) is 4.72. The Hall–Kier alpha value is -6.19. The van der Waals surface area contributed by atoms with Crippen molar-refractivity contribution in [2.45, 2.75) is 19.3 Å². The fraction of sp³-hybridized carbons (Fsp3) is 0.0652. The molecule has 232 valence electrons. The lowest BCUT2D eigenvalue weighted by Gasteiger charge is -2.26. The predicted octanol–water partition coefficient (Wildman–Crippen LogP) is 12.7. The maximum Gasteiger partial charge on any atom is 0.227 e. The molecule has 0 saturated heterocycles. The smallest absolute Gasteiger partial charge is 0.227 e. The summed E-state index contributed by atoms with van der Waals surface area (Å²) in [5.74, 6) is 0.651. The second-order valence-corrected chi connectivity index (χ2v) is 13.6. The van der Waals surface area contributed by atoms with Crippen molar-refractivity contribution in [3.8, 4) is 22.6 Å². The highest BCUT2D eigenvalue weighted by Gasteiger charge is 2.37. The van der Waals surface area contributed by atoms with Crippen LogP contribution in [0, 0.1) is 0 Å². The van der Waals surface area contributed by atoms with Crippen LogP contribution in [0.15, 0.2) is 162 Å². The highest BCUT2D eigenvalue weighted by Crippen LogP contribution is 2.53. The van der Waals surface area contributed by atoms with E-state index >= 15 is 0 Å². The van der Waals surface area contributed by atoms with Crippen LogP contribution in [0.1, 0.15) is 25.0 Å². The molecule has 0 bridgehead atoms. The van der Waals surface area contributed by atoms with Crippen molar-refractivity contribution in [1.29, 1.82) is 0 Å². The maximum atomic E-state index is 6.58. The van der Waals surface area contributed by atoms with E-state index in [1.165, 1.54) is 49.2 Å². The Morgan fingerprint density at radius 3 is 1.96 bits per heavy atom. The maximum absolute atomic E-state index is 6.58. The summed E-state index contributed by atoms with van der Waals surface area (Å²) in [5.41, 5.74) is 11.2. The van der Waals surface area contributed by atoms with E-state index in [0.29, 0.717) is 5.89 Å². The lowest BCUT2D eigenvalue weighted by atomic mass is 9.79. The molecular weight excluding hydrogens is 597 g/mol. The highest BCUT2D eigenvalue weighted by atomic mass is 16.3. The normalized spacial score (nSPS) is 13.3. The molecule has 10 rings (SSSR count). The van der Waals surface area contributed by atoms with Crippen molar-refractivity contribution >= 4 is 60.5 Å². The van der Waals surface area contributed by atoms with Crippen molar-refractivity contribution in [3.63, 3.8) is 0 Å². The van der Waals surface area contributed by atoms with Gasteiger partial charge in [0.05, 0.1) is 0 Å². The number of fused-ring (bicyclic) bond motifs is 9. The Kier molecular flexibility index (Phi) is 5.92. The van der Waals surface area contributed by atoms with E-state index in [0.717, 1.165) is 39.1 Å². The Balaban J connectivity index is 1.10. The molecule has 8 aromatic carbocycles. The average Bonchev–Trinajstić information content (AvgIpc) is 3.68. The number of nitrogens with zero attached hydrogens (tertiary/aromatic N) is 2. The summed E-state index contributed by atoms with van der Waals surface area (Å²) >= 11 is 0. The number of rotatable bonds is 4. The molecule has 3 nitrogen and oxygen atoms in total. The second kappa shape index (κ2) is 10.4. The van der Waals surface area contributed by atoms with Gasteiger partial charge in [-0.2, -0.15) is 0 Å². The van der Waals surface area contributed by atoms with Gasteiger partial charge in [0, 0.05) is 33.4 Å². The molecule has 1 aliphatic carbocycles. The fourth-order valence-electron chi connectivity index (χ4n) is 8.03. The molecule has 0 atom stereocenters. The van der Waals surface area contributed by atoms with E-state index in [1.807, 2.05) is 0 Å². The fourth-order valence-corrected chi connectivity index (χ4v) is 8.03. The third kappa shape index (κ3) is 4.25. The van der Waals surface area contributed by atoms with E-state index in [4.69, 9.17) is 9.40 Å². The molecule has 3 heteroatoms. The highest BCUT2D eigenvalue weighted by molar-refractivity contribution is 6.09. The third-order valence-corrected chi connectivity index (χ3v) is 10.4. The molecular formula is C46H32N2O. The number of hydrogen-bond donors (Lipinski definition) is 0. The SMILES string of the molecule is CC1(C)c2cc3cc(N(c4ccccc4)c4ccccc4)ccc3cc2-c2ccc3c(ccc4nc(-c5ccc6ccccc6c5)oc43)c21. The van der Waals surface area contributed by atoms with Crippen LogP contribution in [0.2, 0.25) is 0 Å². The van der Waals surface area contributed by atoms with Crippen molar-refractivity contribution in [1.82, 2.24) is 4.98 Å². The van der Waals surface area contributed by atoms with Crippen molar-refractivity contribution in [3.05, 3.63) is 169 Å². The van der Waals surface area contributed by atoms with Crippen LogP contribution >= 0.6 is 0 Å². The van der Waals surface area contributed by atoms with Gasteiger partial charge in [-0.15, -0.1) is 0 Å². The summed E-state index contributed by atoms with van der Waals surface area (Å²) in [6.07, 6.45) is 0. The first-order chi connectivity index (χ1) is 24.0. The molecule has 0 N–H and O–H groups in total. The molecule has 0 saturated carbocycles. The van der Waals surface area contributed by atoms with Crippen molar-refractivity contribution in [2.24, 2.45) is 0 Å². The number of anilines is 3. The van der Waals surface area contributed by atoms with Crippen LogP contribution < -0.4 is 4.90 Å². The van der Waals surface area contributed by atoms with Gasteiger partial charge in [-0.05, 0) is 122 Å². The molecule has 49 heavy (non-hydrogen) atoms. The zero-order chi connectivity index (χ0) is 32.7. The van der Waals surface area contributed by atoms with E-state index in [2.05, 4.69) is 176 Å². The van der Waals surface area contributed by atoms with Gasteiger partial charge in [-0.25, -0.2) is 4.98 Å². The number of aromatic nitrogens is 1. The molecule has 0 spiro atoms. The van der Waals surface area contributed by atoms with Crippen molar-refractivity contribution in [2.75, 3.05) is 4.90 Å².